The fourth-order valence-corrected chi connectivity index (χ4v) is 2.64. The number of benzene rings is 1. The molecule has 0 bridgehead atoms. The molecule has 1 amide bonds. The molecule has 22 heavy (non-hydrogen) atoms. The van der Waals surface area contributed by atoms with E-state index in [1.807, 2.05) is 0 Å². The molecule has 5 heteroatoms. The Balaban J connectivity index is 2.27. The Morgan fingerprint density at radius 1 is 1.23 bits per heavy atom. The van der Waals surface area contributed by atoms with Crippen LogP contribution in [0.4, 0.5) is 4.39 Å². The number of aryl methyl sites for hydroxylation is 1. The summed E-state index contributed by atoms with van der Waals surface area (Å²) in [5.74, 6) is -0.690. The smallest absolute Gasteiger partial charge is 0.270 e. The molecule has 0 aliphatic rings. The number of Topliss-reactive ketones (excluding diaryl/α,β-unsaturated/α-hetero) is 1. The van der Waals surface area contributed by atoms with Crippen LogP contribution < -0.4 is 0 Å². The first-order chi connectivity index (χ1) is 10.3. The van der Waals surface area contributed by atoms with Crippen LogP contribution in [-0.4, -0.2) is 28.6 Å². The second-order valence-electron chi connectivity index (χ2n) is 5.43. The number of ketones is 1. The summed E-state index contributed by atoms with van der Waals surface area (Å²) in [6.07, 6.45) is 0. The van der Waals surface area contributed by atoms with Gasteiger partial charge in [0.2, 0.25) is 0 Å². The molecule has 0 aliphatic heterocycles. The molecule has 0 saturated heterocycles. The van der Waals surface area contributed by atoms with Crippen LogP contribution in [0.1, 0.15) is 44.6 Å². The van der Waals surface area contributed by atoms with Crippen LogP contribution in [0.5, 0.6) is 0 Å². The van der Waals surface area contributed by atoms with Crippen molar-refractivity contribution in [2.75, 3.05) is 7.05 Å². The summed E-state index contributed by atoms with van der Waals surface area (Å²) in [5.41, 5.74) is 2.68. The lowest BCUT2D eigenvalue weighted by molar-refractivity contribution is 0.0778. The van der Waals surface area contributed by atoms with Crippen molar-refractivity contribution in [2.24, 2.45) is 0 Å². The fourth-order valence-electron chi connectivity index (χ4n) is 2.64. The maximum Gasteiger partial charge on any atom is 0.270 e. The van der Waals surface area contributed by atoms with Gasteiger partial charge in [-0.1, -0.05) is 18.2 Å². The Labute approximate surface area is 129 Å². The summed E-state index contributed by atoms with van der Waals surface area (Å²) < 4.78 is 13.7. The quantitative estimate of drug-likeness (QED) is 0.881. The zero-order chi connectivity index (χ0) is 16.4. The van der Waals surface area contributed by atoms with Crippen molar-refractivity contribution in [1.82, 2.24) is 9.88 Å². The predicted molar refractivity (Wildman–Crippen MR) is 82.5 cm³/mol. The van der Waals surface area contributed by atoms with Gasteiger partial charge in [-0.2, -0.15) is 0 Å². The van der Waals surface area contributed by atoms with Gasteiger partial charge in [0.1, 0.15) is 11.5 Å². The van der Waals surface area contributed by atoms with Crippen LogP contribution in [0, 0.1) is 19.7 Å². The standard InChI is InChI=1S/C17H19FN2O2/c1-10-15(12(3)21)11(2)19-16(10)17(22)20(4)9-13-7-5-6-8-14(13)18/h5-8,19H,9H2,1-4H3. The molecule has 0 spiro atoms. The first-order valence-electron chi connectivity index (χ1n) is 7.02. The zero-order valence-electron chi connectivity index (χ0n) is 13.2. The van der Waals surface area contributed by atoms with E-state index in [1.165, 1.54) is 17.9 Å². The first-order valence-corrected chi connectivity index (χ1v) is 7.02. The number of carbonyl (C=O) groups excluding carboxylic acids is 2. The van der Waals surface area contributed by atoms with Crippen LogP contribution >= 0.6 is 0 Å². The Morgan fingerprint density at radius 3 is 2.41 bits per heavy atom. The van der Waals surface area contributed by atoms with Gasteiger partial charge in [0.05, 0.1) is 0 Å². The van der Waals surface area contributed by atoms with E-state index in [2.05, 4.69) is 4.98 Å². The summed E-state index contributed by atoms with van der Waals surface area (Å²) in [4.78, 5) is 28.6. The first kappa shape index (κ1) is 15.9. The highest BCUT2D eigenvalue weighted by molar-refractivity contribution is 6.02. The lowest BCUT2D eigenvalue weighted by Crippen LogP contribution is -2.27. The number of hydrogen-bond donors (Lipinski definition) is 1. The monoisotopic (exact) mass is 302 g/mol. The number of carbonyl (C=O) groups is 2. The zero-order valence-corrected chi connectivity index (χ0v) is 13.2. The number of rotatable bonds is 4. The van der Waals surface area contributed by atoms with E-state index in [0.29, 0.717) is 28.1 Å². The number of nitrogens with zero attached hydrogens (tertiary/aromatic N) is 1. The third kappa shape index (κ3) is 2.93. The van der Waals surface area contributed by atoms with Crippen molar-refractivity contribution < 1.29 is 14.0 Å². The highest BCUT2D eigenvalue weighted by Gasteiger charge is 2.22. The van der Waals surface area contributed by atoms with E-state index in [4.69, 9.17) is 0 Å². The molecule has 1 aromatic carbocycles. The number of hydrogen-bond acceptors (Lipinski definition) is 2. The van der Waals surface area contributed by atoms with E-state index >= 15 is 0 Å². The van der Waals surface area contributed by atoms with Crippen molar-refractivity contribution in [3.05, 3.63) is 58.2 Å². The Morgan fingerprint density at radius 2 is 1.86 bits per heavy atom. The normalized spacial score (nSPS) is 10.6. The third-order valence-electron chi connectivity index (χ3n) is 3.72. The molecule has 1 heterocycles. The average molecular weight is 302 g/mol. The van der Waals surface area contributed by atoms with E-state index in [1.54, 1.807) is 39.1 Å². The second-order valence-corrected chi connectivity index (χ2v) is 5.43. The summed E-state index contributed by atoms with van der Waals surface area (Å²) in [5, 5.41) is 0. The van der Waals surface area contributed by atoms with Crippen LogP contribution in [0.3, 0.4) is 0 Å². The van der Waals surface area contributed by atoms with Crippen molar-refractivity contribution in [2.45, 2.75) is 27.3 Å². The molecule has 0 aliphatic carbocycles. The van der Waals surface area contributed by atoms with Crippen LogP contribution in [0.2, 0.25) is 0 Å². The lowest BCUT2D eigenvalue weighted by atomic mass is 10.1. The molecule has 0 atom stereocenters. The van der Waals surface area contributed by atoms with Gasteiger partial charge in [0.25, 0.3) is 5.91 Å². The van der Waals surface area contributed by atoms with Gasteiger partial charge in [-0.25, -0.2) is 4.39 Å². The van der Waals surface area contributed by atoms with E-state index < -0.39 is 0 Å². The summed E-state index contributed by atoms with van der Waals surface area (Å²) >= 11 is 0. The van der Waals surface area contributed by atoms with Crippen LogP contribution in [0.15, 0.2) is 24.3 Å². The molecular weight excluding hydrogens is 283 g/mol. The predicted octanol–water partition coefficient (Wildman–Crippen LogP) is 3.25. The summed E-state index contributed by atoms with van der Waals surface area (Å²) in [6, 6.07) is 6.35. The van der Waals surface area contributed by atoms with Gasteiger partial charge < -0.3 is 9.88 Å². The summed E-state index contributed by atoms with van der Waals surface area (Å²) in [6.45, 7) is 5.14. The molecule has 4 nitrogen and oxygen atoms in total. The molecular formula is C17H19FN2O2. The Hall–Kier alpha value is -2.43. The van der Waals surface area contributed by atoms with E-state index in [9.17, 15) is 14.0 Å². The number of H-pyrrole nitrogens is 1. The second kappa shape index (κ2) is 6.13. The molecule has 1 N–H and O–H groups in total. The van der Waals surface area contributed by atoms with Crippen LogP contribution in [0.25, 0.3) is 0 Å². The molecule has 0 unspecified atom stereocenters. The van der Waals surface area contributed by atoms with Gasteiger partial charge in [-0.3, -0.25) is 9.59 Å². The number of amides is 1. The Bertz CT molecular complexity index is 734. The topological polar surface area (TPSA) is 53.2 Å². The van der Waals surface area contributed by atoms with Gasteiger partial charge in [0.15, 0.2) is 5.78 Å². The van der Waals surface area contributed by atoms with Crippen LogP contribution in [-0.2, 0) is 6.54 Å². The van der Waals surface area contributed by atoms with Crippen molar-refractivity contribution in [3.8, 4) is 0 Å². The summed E-state index contributed by atoms with van der Waals surface area (Å²) in [7, 11) is 1.61. The molecule has 2 aromatic rings. The fraction of sp³-hybridized carbons (Fsp3) is 0.294. The third-order valence-corrected chi connectivity index (χ3v) is 3.72. The van der Waals surface area contributed by atoms with E-state index in [-0.39, 0.29) is 24.1 Å². The number of aromatic nitrogens is 1. The molecule has 116 valence electrons. The molecule has 0 fully saturated rings. The molecule has 2 rings (SSSR count). The van der Waals surface area contributed by atoms with E-state index in [0.717, 1.165) is 0 Å². The van der Waals surface area contributed by atoms with Gasteiger partial charge in [0, 0.05) is 30.4 Å². The molecule has 0 saturated carbocycles. The van der Waals surface area contributed by atoms with Crippen molar-refractivity contribution in [3.63, 3.8) is 0 Å². The molecule has 1 aromatic heterocycles. The average Bonchev–Trinajstić information content (AvgIpc) is 2.75. The maximum atomic E-state index is 13.7. The highest BCUT2D eigenvalue weighted by atomic mass is 19.1. The Kier molecular flexibility index (Phi) is 4.45. The number of nitrogens with one attached hydrogen (secondary N) is 1. The minimum Gasteiger partial charge on any atom is -0.354 e. The molecule has 0 radical (unpaired) electrons. The van der Waals surface area contributed by atoms with Gasteiger partial charge in [-0.05, 0) is 32.4 Å². The largest absolute Gasteiger partial charge is 0.354 e. The maximum absolute atomic E-state index is 13.7. The lowest BCUT2D eigenvalue weighted by Gasteiger charge is -2.17. The SMILES string of the molecule is CC(=O)c1c(C)[nH]c(C(=O)N(C)Cc2ccccc2F)c1C. The van der Waals surface area contributed by atoms with Crippen molar-refractivity contribution in [1.29, 1.82) is 0 Å². The minimum atomic E-state index is -0.342. The number of aromatic amines is 1. The highest BCUT2D eigenvalue weighted by Crippen LogP contribution is 2.20. The minimum absolute atomic E-state index is 0.0814. The van der Waals surface area contributed by atoms with Gasteiger partial charge >= 0.3 is 0 Å². The number of halogens is 1. The van der Waals surface area contributed by atoms with Crippen molar-refractivity contribution >= 4 is 11.7 Å². The van der Waals surface area contributed by atoms with Gasteiger partial charge in [-0.15, -0.1) is 0 Å².